The van der Waals surface area contributed by atoms with Gasteiger partial charge in [-0.05, 0) is 30.9 Å². The summed E-state index contributed by atoms with van der Waals surface area (Å²) in [4.78, 5) is 27.4. The molecule has 2 heterocycles. The first kappa shape index (κ1) is 14.4. The lowest BCUT2D eigenvalue weighted by atomic mass is 10.1. The van der Waals surface area contributed by atoms with Gasteiger partial charge >= 0.3 is 0 Å². The number of para-hydroxylation sites is 1. The Kier molecular flexibility index (Phi) is 3.96. The molecule has 0 bridgehead atoms. The number of nitrogens with one attached hydrogen (secondary N) is 2. The fraction of sp³-hybridized carbons (Fsp3) is 0.294. The van der Waals surface area contributed by atoms with Crippen molar-refractivity contribution in [1.29, 1.82) is 0 Å². The maximum absolute atomic E-state index is 11.6. The molecular weight excluding hydrogens is 280 g/mol. The largest absolute Gasteiger partial charge is 0.550 e. The van der Waals surface area contributed by atoms with E-state index in [4.69, 9.17) is 0 Å². The normalized spacial score (nSPS) is 14.9. The number of rotatable bonds is 1. The Hall–Kier alpha value is -2.56. The Balaban J connectivity index is 0.000000154. The first-order chi connectivity index (χ1) is 10.7. The molecular formula is C17H17N2O3-. The molecule has 0 radical (unpaired) electrons. The minimum Gasteiger partial charge on any atom is -0.550 e. The SMILES string of the molecule is O=C([O-])C1CCCC1.O=c1[nH]c2ccccc2c2cc[nH]c12. The molecule has 5 heteroatoms. The minimum atomic E-state index is -0.859. The van der Waals surface area contributed by atoms with Gasteiger partial charge in [0.1, 0.15) is 5.52 Å². The molecule has 0 unspecified atom stereocenters. The molecule has 4 rings (SSSR count). The van der Waals surface area contributed by atoms with Crippen LogP contribution in [0.1, 0.15) is 25.7 Å². The minimum absolute atomic E-state index is 0.0660. The fourth-order valence-electron chi connectivity index (χ4n) is 2.96. The number of aromatic nitrogens is 2. The molecule has 1 fully saturated rings. The number of carboxylic acid groups (broad SMARTS) is 1. The zero-order chi connectivity index (χ0) is 15.5. The summed E-state index contributed by atoms with van der Waals surface area (Å²) in [6, 6.07) is 9.71. The van der Waals surface area contributed by atoms with Crippen LogP contribution >= 0.6 is 0 Å². The first-order valence-corrected chi connectivity index (χ1v) is 7.46. The second-order valence-corrected chi connectivity index (χ2v) is 5.57. The van der Waals surface area contributed by atoms with Crippen LogP contribution in [0.5, 0.6) is 0 Å². The van der Waals surface area contributed by atoms with Gasteiger partial charge in [0, 0.05) is 28.5 Å². The lowest BCUT2D eigenvalue weighted by molar-refractivity contribution is -0.311. The summed E-state index contributed by atoms with van der Waals surface area (Å²) in [6.45, 7) is 0. The van der Waals surface area contributed by atoms with E-state index in [-0.39, 0.29) is 11.5 Å². The zero-order valence-electron chi connectivity index (χ0n) is 12.1. The first-order valence-electron chi connectivity index (χ1n) is 7.46. The van der Waals surface area contributed by atoms with Crippen molar-refractivity contribution >= 4 is 27.8 Å². The maximum atomic E-state index is 11.6. The van der Waals surface area contributed by atoms with Crippen molar-refractivity contribution in [2.45, 2.75) is 25.7 Å². The second kappa shape index (κ2) is 6.05. The van der Waals surface area contributed by atoms with Crippen LogP contribution in [-0.2, 0) is 4.79 Å². The summed E-state index contributed by atoms with van der Waals surface area (Å²) in [5, 5.41) is 12.1. The Morgan fingerprint density at radius 1 is 1.09 bits per heavy atom. The molecule has 0 saturated heterocycles. The van der Waals surface area contributed by atoms with Crippen LogP contribution in [0.25, 0.3) is 21.8 Å². The second-order valence-electron chi connectivity index (χ2n) is 5.57. The van der Waals surface area contributed by atoms with Gasteiger partial charge in [-0.25, -0.2) is 0 Å². The Bertz CT molecular complexity index is 857. The van der Waals surface area contributed by atoms with E-state index in [1.807, 2.05) is 30.3 Å². The number of H-pyrrole nitrogens is 2. The number of carbonyl (C=O) groups excluding carboxylic acids is 1. The highest BCUT2D eigenvalue weighted by Gasteiger charge is 2.14. The van der Waals surface area contributed by atoms with Gasteiger partial charge < -0.3 is 19.9 Å². The number of aromatic amines is 2. The average molecular weight is 297 g/mol. The zero-order valence-corrected chi connectivity index (χ0v) is 12.1. The molecule has 1 aliphatic rings. The molecule has 0 spiro atoms. The van der Waals surface area contributed by atoms with Gasteiger partial charge in [-0.1, -0.05) is 31.0 Å². The van der Waals surface area contributed by atoms with Crippen molar-refractivity contribution in [3.8, 4) is 0 Å². The standard InChI is InChI=1S/C11H8N2O.C6H10O2/c14-11-10-8(5-6-12-10)7-3-1-2-4-9(7)13-11;7-6(8)5-3-1-2-4-5/h1-6,12H,(H,13,14);5H,1-4H2,(H,7,8)/p-1. The van der Waals surface area contributed by atoms with Gasteiger partial charge in [0.25, 0.3) is 5.56 Å². The van der Waals surface area contributed by atoms with E-state index in [0.29, 0.717) is 5.52 Å². The number of pyridine rings is 1. The van der Waals surface area contributed by atoms with Gasteiger partial charge in [0.2, 0.25) is 0 Å². The van der Waals surface area contributed by atoms with Gasteiger partial charge in [0.15, 0.2) is 0 Å². The number of hydrogen-bond acceptors (Lipinski definition) is 3. The van der Waals surface area contributed by atoms with Crippen LogP contribution < -0.4 is 10.7 Å². The third-order valence-corrected chi connectivity index (χ3v) is 4.13. The van der Waals surface area contributed by atoms with Gasteiger partial charge in [-0.3, -0.25) is 4.79 Å². The molecule has 0 atom stereocenters. The van der Waals surface area contributed by atoms with Crippen LogP contribution in [-0.4, -0.2) is 15.9 Å². The molecule has 114 valence electrons. The van der Waals surface area contributed by atoms with Crippen molar-refractivity contribution in [3.63, 3.8) is 0 Å². The smallest absolute Gasteiger partial charge is 0.272 e. The molecule has 1 saturated carbocycles. The quantitative estimate of drug-likeness (QED) is 0.719. The summed E-state index contributed by atoms with van der Waals surface area (Å²) >= 11 is 0. The molecule has 1 aromatic carbocycles. The van der Waals surface area contributed by atoms with Crippen molar-refractivity contribution in [1.82, 2.24) is 9.97 Å². The van der Waals surface area contributed by atoms with Crippen LogP contribution in [0.2, 0.25) is 0 Å². The molecule has 2 N–H and O–H groups in total. The summed E-state index contributed by atoms with van der Waals surface area (Å²) in [5.74, 6) is -0.988. The van der Waals surface area contributed by atoms with E-state index in [1.165, 1.54) is 0 Å². The lowest BCUT2D eigenvalue weighted by Crippen LogP contribution is -2.29. The van der Waals surface area contributed by atoms with Crippen LogP contribution in [0.4, 0.5) is 0 Å². The molecule has 5 nitrogen and oxygen atoms in total. The van der Waals surface area contributed by atoms with E-state index >= 15 is 0 Å². The molecule has 3 aromatic rings. The number of carbonyl (C=O) groups is 1. The third-order valence-electron chi connectivity index (χ3n) is 4.13. The number of benzene rings is 1. The molecule has 0 aliphatic heterocycles. The number of hydrogen-bond donors (Lipinski definition) is 2. The fourth-order valence-corrected chi connectivity index (χ4v) is 2.96. The average Bonchev–Trinajstić information content (AvgIpc) is 3.20. The molecule has 1 aliphatic carbocycles. The third kappa shape index (κ3) is 2.74. The molecule has 2 aromatic heterocycles. The lowest BCUT2D eigenvalue weighted by Gasteiger charge is -2.07. The number of aliphatic carboxylic acids is 1. The Morgan fingerprint density at radius 2 is 1.82 bits per heavy atom. The van der Waals surface area contributed by atoms with Crippen LogP contribution in [0, 0.1) is 5.92 Å². The van der Waals surface area contributed by atoms with E-state index in [2.05, 4.69) is 9.97 Å². The number of carboxylic acids is 1. The maximum Gasteiger partial charge on any atom is 0.272 e. The van der Waals surface area contributed by atoms with Gasteiger partial charge in [0.05, 0.1) is 0 Å². The molecule has 22 heavy (non-hydrogen) atoms. The van der Waals surface area contributed by atoms with Crippen molar-refractivity contribution in [3.05, 3.63) is 46.9 Å². The van der Waals surface area contributed by atoms with Crippen molar-refractivity contribution in [2.75, 3.05) is 0 Å². The summed E-state index contributed by atoms with van der Waals surface area (Å²) in [5.41, 5.74) is 1.46. The van der Waals surface area contributed by atoms with Crippen molar-refractivity contribution in [2.24, 2.45) is 5.92 Å². The summed E-state index contributed by atoms with van der Waals surface area (Å²) in [6.07, 6.45) is 5.59. The Morgan fingerprint density at radius 3 is 2.50 bits per heavy atom. The molecule has 0 amide bonds. The highest BCUT2D eigenvalue weighted by Crippen LogP contribution is 2.23. The monoisotopic (exact) mass is 297 g/mol. The van der Waals surface area contributed by atoms with Crippen LogP contribution in [0.3, 0.4) is 0 Å². The predicted molar refractivity (Wildman–Crippen MR) is 83.4 cm³/mol. The van der Waals surface area contributed by atoms with Crippen LogP contribution in [0.15, 0.2) is 41.3 Å². The van der Waals surface area contributed by atoms with Gasteiger partial charge in [-0.2, -0.15) is 0 Å². The predicted octanol–water partition coefficient (Wildman–Crippen LogP) is 1.94. The highest BCUT2D eigenvalue weighted by atomic mass is 16.4. The van der Waals surface area contributed by atoms with E-state index in [0.717, 1.165) is 42.0 Å². The highest BCUT2D eigenvalue weighted by molar-refractivity contribution is 6.03. The number of fused-ring (bicyclic) bond motifs is 3. The Labute approximate surface area is 127 Å². The van der Waals surface area contributed by atoms with Crippen molar-refractivity contribution < 1.29 is 9.90 Å². The topological polar surface area (TPSA) is 88.8 Å². The van der Waals surface area contributed by atoms with E-state index < -0.39 is 5.97 Å². The summed E-state index contributed by atoms with van der Waals surface area (Å²) in [7, 11) is 0. The summed E-state index contributed by atoms with van der Waals surface area (Å²) < 4.78 is 0. The van der Waals surface area contributed by atoms with Gasteiger partial charge in [-0.15, -0.1) is 0 Å². The van der Waals surface area contributed by atoms with E-state index in [9.17, 15) is 14.7 Å². The van der Waals surface area contributed by atoms with E-state index in [1.54, 1.807) is 6.20 Å².